The van der Waals surface area contributed by atoms with Gasteiger partial charge in [0.2, 0.25) is 0 Å². The topological polar surface area (TPSA) is 54.1 Å². The quantitative estimate of drug-likeness (QED) is 0.743. The molecule has 1 aliphatic rings. The van der Waals surface area contributed by atoms with Crippen molar-refractivity contribution in [1.82, 2.24) is 9.78 Å². The van der Waals surface area contributed by atoms with Crippen molar-refractivity contribution in [2.45, 2.75) is 19.4 Å². The number of hydrogen-bond acceptors (Lipinski definition) is 4. The van der Waals surface area contributed by atoms with Gasteiger partial charge in [0.25, 0.3) is 0 Å². The van der Waals surface area contributed by atoms with Crippen molar-refractivity contribution in [2.75, 3.05) is 24.6 Å². The minimum atomic E-state index is 0.259. The highest BCUT2D eigenvalue weighted by Crippen LogP contribution is 2.21. The molecule has 1 saturated heterocycles. The lowest BCUT2D eigenvalue weighted by molar-refractivity contribution is 0.0379. The first-order valence-electron chi connectivity index (χ1n) is 5.55. The van der Waals surface area contributed by atoms with Crippen molar-refractivity contribution in [3.63, 3.8) is 0 Å². The van der Waals surface area contributed by atoms with Crippen molar-refractivity contribution < 1.29 is 4.74 Å². The fraction of sp³-hybridized carbons (Fsp3) is 0.636. The van der Waals surface area contributed by atoms with Crippen LogP contribution in [0.2, 0.25) is 0 Å². The minimum Gasteiger partial charge on any atom is -0.375 e. The van der Waals surface area contributed by atoms with Crippen LogP contribution in [0.5, 0.6) is 0 Å². The predicted octanol–water partition coefficient (Wildman–Crippen LogP) is 0.907. The Morgan fingerprint density at radius 1 is 1.69 bits per heavy atom. The Bertz CT molecular complexity index is 407. The average Bonchev–Trinajstić information content (AvgIpc) is 2.70. The molecule has 1 fully saturated rings. The summed E-state index contributed by atoms with van der Waals surface area (Å²) in [7, 11) is 1.87. The lowest BCUT2D eigenvalue weighted by atomic mass is 10.2. The highest BCUT2D eigenvalue weighted by molar-refractivity contribution is 5.53. The van der Waals surface area contributed by atoms with Gasteiger partial charge in [-0.15, -0.1) is 0 Å². The largest absolute Gasteiger partial charge is 0.375 e. The lowest BCUT2D eigenvalue weighted by Gasteiger charge is -2.33. The highest BCUT2D eigenvalue weighted by atomic mass is 16.5. The molecule has 1 aromatic heterocycles. The molecule has 16 heavy (non-hydrogen) atoms. The fourth-order valence-electron chi connectivity index (χ4n) is 2.04. The molecule has 1 atom stereocenters. The fourth-order valence-corrected chi connectivity index (χ4v) is 2.04. The van der Waals surface area contributed by atoms with E-state index in [0.717, 1.165) is 25.3 Å². The summed E-state index contributed by atoms with van der Waals surface area (Å²) in [6, 6.07) is 2.18. The molecule has 1 aromatic rings. The van der Waals surface area contributed by atoms with Crippen molar-refractivity contribution in [2.24, 2.45) is 7.05 Å². The number of anilines is 1. The molecule has 0 aromatic carbocycles. The average molecular weight is 220 g/mol. The second-order valence-corrected chi connectivity index (χ2v) is 3.96. The number of morpholine rings is 1. The molecular formula is C11H16N4O. The maximum atomic E-state index is 9.02. The van der Waals surface area contributed by atoms with Gasteiger partial charge in [0.05, 0.1) is 18.9 Å². The number of aryl methyl sites for hydroxylation is 1. The summed E-state index contributed by atoms with van der Waals surface area (Å²) in [5.74, 6) is 0.907. The number of ether oxygens (including phenoxy) is 1. The molecule has 2 rings (SSSR count). The van der Waals surface area contributed by atoms with Gasteiger partial charge in [-0.2, -0.15) is 10.4 Å². The molecule has 0 N–H and O–H groups in total. The van der Waals surface area contributed by atoms with Crippen LogP contribution in [0.15, 0.2) is 6.20 Å². The van der Waals surface area contributed by atoms with Crippen LogP contribution < -0.4 is 4.90 Å². The van der Waals surface area contributed by atoms with Gasteiger partial charge in [0.15, 0.2) is 0 Å². The third kappa shape index (κ3) is 1.89. The van der Waals surface area contributed by atoms with E-state index in [1.54, 1.807) is 10.9 Å². The van der Waals surface area contributed by atoms with Gasteiger partial charge in [-0.1, -0.05) is 6.92 Å². The standard InChI is InChI=1S/C11H16N4O/c1-3-10-8-15(4-5-16-10)11-9(6-12)7-13-14(11)2/h7,10H,3-5,8H2,1-2H3. The van der Waals surface area contributed by atoms with Crippen LogP contribution in [-0.4, -0.2) is 35.6 Å². The Balaban J connectivity index is 2.23. The van der Waals surface area contributed by atoms with Crippen LogP contribution in [0.25, 0.3) is 0 Å². The van der Waals surface area contributed by atoms with Gasteiger partial charge < -0.3 is 9.64 Å². The Labute approximate surface area is 95.2 Å². The summed E-state index contributed by atoms with van der Waals surface area (Å²) in [5.41, 5.74) is 0.638. The Morgan fingerprint density at radius 3 is 3.19 bits per heavy atom. The number of rotatable bonds is 2. The van der Waals surface area contributed by atoms with Crippen molar-refractivity contribution in [3.8, 4) is 6.07 Å². The zero-order valence-electron chi connectivity index (χ0n) is 9.68. The molecular weight excluding hydrogens is 204 g/mol. The van der Waals surface area contributed by atoms with E-state index in [9.17, 15) is 0 Å². The van der Waals surface area contributed by atoms with Crippen LogP contribution in [0.3, 0.4) is 0 Å². The maximum Gasteiger partial charge on any atom is 0.144 e. The SMILES string of the molecule is CCC1CN(c2c(C#N)cnn2C)CCO1. The molecule has 86 valence electrons. The Kier molecular flexibility index (Phi) is 3.11. The van der Waals surface area contributed by atoms with E-state index in [2.05, 4.69) is 23.0 Å². The van der Waals surface area contributed by atoms with E-state index in [1.807, 2.05) is 7.05 Å². The van der Waals surface area contributed by atoms with Gasteiger partial charge in [0.1, 0.15) is 17.5 Å². The van der Waals surface area contributed by atoms with E-state index in [1.165, 1.54) is 0 Å². The van der Waals surface area contributed by atoms with Gasteiger partial charge in [-0.25, -0.2) is 0 Å². The molecule has 1 unspecified atom stereocenters. The van der Waals surface area contributed by atoms with E-state index < -0.39 is 0 Å². The molecule has 5 heteroatoms. The monoisotopic (exact) mass is 220 g/mol. The number of hydrogen-bond donors (Lipinski definition) is 0. The first-order chi connectivity index (χ1) is 7.76. The van der Waals surface area contributed by atoms with Crippen molar-refractivity contribution >= 4 is 5.82 Å². The van der Waals surface area contributed by atoms with E-state index in [-0.39, 0.29) is 6.10 Å². The maximum absolute atomic E-state index is 9.02. The minimum absolute atomic E-state index is 0.259. The molecule has 5 nitrogen and oxygen atoms in total. The normalized spacial score (nSPS) is 20.8. The molecule has 0 bridgehead atoms. The smallest absolute Gasteiger partial charge is 0.144 e. The molecule has 0 saturated carbocycles. The van der Waals surface area contributed by atoms with E-state index >= 15 is 0 Å². The van der Waals surface area contributed by atoms with E-state index in [0.29, 0.717) is 12.2 Å². The molecule has 2 heterocycles. The molecule has 0 amide bonds. The van der Waals surface area contributed by atoms with Crippen LogP contribution in [0.4, 0.5) is 5.82 Å². The highest BCUT2D eigenvalue weighted by Gasteiger charge is 2.23. The van der Waals surface area contributed by atoms with Crippen LogP contribution in [0, 0.1) is 11.3 Å². The Hall–Kier alpha value is -1.54. The first-order valence-corrected chi connectivity index (χ1v) is 5.55. The third-order valence-corrected chi connectivity index (χ3v) is 2.92. The van der Waals surface area contributed by atoms with E-state index in [4.69, 9.17) is 10.00 Å². The lowest BCUT2D eigenvalue weighted by Crippen LogP contribution is -2.43. The van der Waals surface area contributed by atoms with Gasteiger partial charge in [-0.05, 0) is 6.42 Å². The summed E-state index contributed by atoms with van der Waals surface area (Å²) >= 11 is 0. The summed E-state index contributed by atoms with van der Waals surface area (Å²) in [4.78, 5) is 2.18. The predicted molar refractivity (Wildman–Crippen MR) is 60.2 cm³/mol. The third-order valence-electron chi connectivity index (χ3n) is 2.92. The van der Waals surface area contributed by atoms with Crippen molar-refractivity contribution in [1.29, 1.82) is 5.26 Å². The summed E-state index contributed by atoms with van der Waals surface area (Å²) in [5, 5.41) is 13.1. The molecule has 0 aliphatic carbocycles. The number of nitrogens with zero attached hydrogens (tertiary/aromatic N) is 4. The van der Waals surface area contributed by atoms with Gasteiger partial charge >= 0.3 is 0 Å². The van der Waals surface area contributed by atoms with Gasteiger partial charge in [-0.3, -0.25) is 4.68 Å². The second kappa shape index (κ2) is 4.54. The van der Waals surface area contributed by atoms with Crippen LogP contribution in [0.1, 0.15) is 18.9 Å². The zero-order chi connectivity index (χ0) is 11.5. The Morgan fingerprint density at radius 2 is 2.50 bits per heavy atom. The van der Waals surface area contributed by atoms with Gasteiger partial charge in [0, 0.05) is 20.1 Å². The van der Waals surface area contributed by atoms with Crippen LogP contribution in [-0.2, 0) is 11.8 Å². The first kappa shape index (κ1) is 11.0. The molecule has 1 aliphatic heterocycles. The summed E-state index contributed by atoms with van der Waals surface area (Å²) in [6.45, 7) is 4.49. The summed E-state index contributed by atoms with van der Waals surface area (Å²) < 4.78 is 7.38. The van der Waals surface area contributed by atoms with Crippen LogP contribution >= 0.6 is 0 Å². The number of nitriles is 1. The van der Waals surface area contributed by atoms with Crippen molar-refractivity contribution in [3.05, 3.63) is 11.8 Å². The number of aromatic nitrogens is 2. The molecule has 0 radical (unpaired) electrons. The zero-order valence-corrected chi connectivity index (χ0v) is 9.68. The summed E-state index contributed by atoms with van der Waals surface area (Å²) in [6.07, 6.45) is 2.87. The second-order valence-electron chi connectivity index (χ2n) is 3.96. The molecule has 0 spiro atoms.